The van der Waals surface area contributed by atoms with Gasteiger partial charge in [-0.3, -0.25) is 4.79 Å². The Kier molecular flexibility index (Phi) is 10.00. The van der Waals surface area contributed by atoms with E-state index >= 15 is 0 Å². The molecule has 0 radical (unpaired) electrons. The summed E-state index contributed by atoms with van der Waals surface area (Å²) in [6.07, 6.45) is 3.85. The second-order valence-corrected chi connectivity index (χ2v) is 23.6. The number of hydrogen-bond acceptors (Lipinski definition) is 4. The predicted octanol–water partition coefficient (Wildman–Crippen LogP) is 6.75. The van der Waals surface area contributed by atoms with Crippen molar-refractivity contribution in [1.82, 2.24) is 5.32 Å². The van der Waals surface area contributed by atoms with Crippen LogP contribution in [-0.4, -0.2) is 43.8 Å². The highest BCUT2D eigenvalue weighted by molar-refractivity contribution is 6.73. The molecule has 3 atom stereocenters. The number of hydrogen-bond donors (Lipinski definition) is 4. The predicted molar refractivity (Wildman–Crippen MR) is 170 cm³/mol. The summed E-state index contributed by atoms with van der Waals surface area (Å²) in [5, 5.41) is 12.8. The van der Waals surface area contributed by atoms with Gasteiger partial charge in [0, 0.05) is 6.61 Å². The first-order valence-corrected chi connectivity index (χ1v) is 20.8. The lowest BCUT2D eigenvalue weighted by Crippen LogP contribution is -2.50. The topological polar surface area (TPSA) is 89.8 Å². The molecule has 3 rings (SSSR count). The van der Waals surface area contributed by atoms with Gasteiger partial charge in [0.25, 0.3) is 0 Å². The zero-order valence-corrected chi connectivity index (χ0v) is 28.1. The molecule has 1 aliphatic rings. The Morgan fingerprint density at radius 3 is 2.05 bits per heavy atom. The molecule has 0 aromatic heterocycles. The maximum atomic E-state index is 14.8. The van der Waals surface area contributed by atoms with Crippen molar-refractivity contribution in [3.8, 4) is 0 Å². The largest absolute Gasteiger partial charge is 0.432 e. The smallest absolute Gasteiger partial charge is 0.227 e. The van der Waals surface area contributed by atoms with Crippen molar-refractivity contribution in [3.05, 3.63) is 71.3 Å². The fraction of sp³-hybridized carbons (Fsp3) is 0.606. The van der Waals surface area contributed by atoms with Crippen LogP contribution in [0.15, 0.2) is 54.6 Å². The quantitative estimate of drug-likeness (QED) is 0.196. The maximum Gasteiger partial charge on any atom is 0.227 e. The summed E-state index contributed by atoms with van der Waals surface area (Å²) in [6.45, 7) is 16.5. The summed E-state index contributed by atoms with van der Waals surface area (Å²) >= 11 is 0. The Morgan fingerprint density at radius 2 is 1.48 bits per heavy atom. The fourth-order valence-electron chi connectivity index (χ4n) is 6.24. The summed E-state index contributed by atoms with van der Waals surface area (Å²) in [7, 11) is -5.08. The molecule has 0 heterocycles. The van der Waals surface area contributed by atoms with Gasteiger partial charge in [-0.25, -0.2) is 0 Å². The monoisotopic (exact) mass is 583 g/mol. The molecule has 1 amide bonds. The molecule has 0 saturated heterocycles. The molecule has 0 unspecified atom stereocenters. The molecular formula is C33H53NO4Si2. The van der Waals surface area contributed by atoms with Crippen LogP contribution in [-0.2, 0) is 17.6 Å². The van der Waals surface area contributed by atoms with Crippen LogP contribution in [0.25, 0.3) is 0 Å². The Hall–Kier alpha value is -1.78. The summed E-state index contributed by atoms with van der Waals surface area (Å²) in [4.78, 5) is 37.1. The van der Waals surface area contributed by atoms with E-state index in [1.54, 1.807) is 0 Å². The molecule has 0 saturated carbocycles. The van der Waals surface area contributed by atoms with Gasteiger partial charge in [0.1, 0.15) is 0 Å². The average molecular weight is 584 g/mol. The van der Waals surface area contributed by atoms with Gasteiger partial charge in [0.15, 0.2) is 16.6 Å². The van der Waals surface area contributed by atoms with Crippen molar-refractivity contribution in [3.63, 3.8) is 0 Å². The third-order valence-corrected chi connectivity index (χ3v) is 17.2. The summed E-state index contributed by atoms with van der Waals surface area (Å²) in [5.74, 6) is 0.181. The van der Waals surface area contributed by atoms with Crippen LogP contribution < -0.4 is 5.32 Å². The summed E-state index contributed by atoms with van der Waals surface area (Å²) in [6, 6.07) is 18.4. The lowest BCUT2D eigenvalue weighted by molar-refractivity contribution is -0.134. The number of carbonyl (C=O) groups excluding carboxylic acids is 1. The number of carbonyl (C=O) groups is 1. The van der Waals surface area contributed by atoms with E-state index < -0.39 is 27.1 Å². The molecule has 0 spiro atoms. The van der Waals surface area contributed by atoms with Crippen LogP contribution in [0.3, 0.4) is 0 Å². The van der Waals surface area contributed by atoms with Gasteiger partial charge in [-0.1, -0.05) is 82.3 Å². The summed E-state index contributed by atoms with van der Waals surface area (Å²) < 4.78 is 0. The average Bonchev–Trinajstić information content (AvgIpc) is 3.17. The Labute approximate surface area is 244 Å². The lowest BCUT2D eigenvalue weighted by atomic mass is 9.70. The van der Waals surface area contributed by atoms with Crippen molar-refractivity contribution < 1.29 is 19.5 Å². The molecule has 222 valence electrons. The minimum atomic E-state index is -2.63. The highest BCUT2D eigenvalue weighted by Gasteiger charge is 2.50. The Balaban J connectivity index is 2.06. The van der Waals surface area contributed by atoms with Crippen molar-refractivity contribution in [1.29, 1.82) is 0 Å². The van der Waals surface area contributed by atoms with E-state index in [1.807, 2.05) is 50.5 Å². The third kappa shape index (κ3) is 7.34. The molecule has 0 fully saturated rings. The normalized spacial score (nSPS) is 19.7. The van der Waals surface area contributed by atoms with E-state index in [4.69, 9.17) is 0 Å². The van der Waals surface area contributed by atoms with Crippen LogP contribution in [0.1, 0.15) is 76.1 Å². The molecule has 2 aromatic carbocycles. The van der Waals surface area contributed by atoms with E-state index in [0.717, 1.165) is 18.4 Å². The van der Waals surface area contributed by atoms with Crippen molar-refractivity contribution in [2.45, 2.75) is 109 Å². The van der Waals surface area contributed by atoms with E-state index in [2.05, 4.69) is 63.3 Å². The molecule has 4 N–H and O–H groups in total. The SMILES string of the molecule is CC(C)(C[C@@H]1Cc2ccccc2[C@@H]1NC(=O)[C@@](CCCO)(Cc1ccccc1)CC(C)(C)[Si](C)(C)O)[Si](C)(C)O. The number of benzene rings is 2. The minimum absolute atomic E-state index is 0.00106. The Bertz CT molecular complexity index is 1140. The molecule has 7 heteroatoms. The first kappa shape index (κ1) is 32.7. The highest BCUT2D eigenvalue weighted by atomic mass is 28.4. The zero-order valence-electron chi connectivity index (χ0n) is 26.1. The fourth-order valence-corrected chi connectivity index (χ4v) is 7.78. The van der Waals surface area contributed by atoms with Gasteiger partial charge in [-0.05, 0) is 97.4 Å². The standard InChI is InChI=1S/C33H53NO4Si2/c1-31(2,39(5,6)37)23-27-21-26-17-12-13-18-28(26)29(27)34-30(36)33(19-14-20-35,22-25-15-10-9-11-16-25)24-32(3,4)40(7,8)38/h9-13,15-18,27,29,35,37-38H,14,19-24H2,1-8H3,(H,34,36)/t27-,29+,33-/m0/s1. The second-order valence-electron chi connectivity index (χ2n) is 14.7. The van der Waals surface area contributed by atoms with Crippen LogP contribution in [0.5, 0.6) is 0 Å². The number of fused-ring (bicyclic) bond motifs is 1. The van der Waals surface area contributed by atoms with E-state index in [9.17, 15) is 19.5 Å². The molecular weight excluding hydrogens is 531 g/mol. The highest BCUT2D eigenvalue weighted by Crippen LogP contribution is 2.51. The number of aliphatic hydroxyl groups excluding tert-OH is 1. The maximum absolute atomic E-state index is 14.8. The number of nitrogens with one attached hydrogen (secondary N) is 1. The second kappa shape index (κ2) is 12.2. The van der Waals surface area contributed by atoms with E-state index in [0.29, 0.717) is 25.7 Å². The molecule has 0 aliphatic heterocycles. The van der Waals surface area contributed by atoms with E-state index in [1.165, 1.54) is 11.1 Å². The van der Waals surface area contributed by atoms with Crippen molar-refractivity contribution in [2.24, 2.45) is 11.3 Å². The van der Waals surface area contributed by atoms with Gasteiger partial charge < -0.3 is 20.0 Å². The first-order valence-electron chi connectivity index (χ1n) is 14.9. The van der Waals surface area contributed by atoms with Gasteiger partial charge in [0.2, 0.25) is 5.91 Å². The number of aliphatic hydroxyl groups is 1. The van der Waals surface area contributed by atoms with Gasteiger partial charge in [-0.15, -0.1) is 0 Å². The van der Waals surface area contributed by atoms with Crippen LogP contribution >= 0.6 is 0 Å². The first-order chi connectivity index (χ1) is 18.4. The van der Waals surface area contributed by atoms with Gasteiger partial charge >= 0.3 is 0 Å². The molecule has 0 bridgehead atoms. The third-order valence-electron chi connectivity index (χ3n) is 10.2. The summed E-state index contributed by atoms with van der Waals surface area (Å²) in [5.41, 5.74) is 2.73. The van der Waals surface area contributed by atoms with Gasteiger partial charge in [0.05, 0.1) is 11.5 Å². The van der Waals surface area contributed by atoms with Crippen molar-refractivity contribution >= 4 is 22.5 Å². The Morgan fingerprint density at radius 1 is 0.900 bits per heavy atom. The number of rotatable bonds is 13. The van der Waals surface area contributed by atoms with Gasteiger partial charge in [-0.2, -0.15) is 0 Å². The lowest BCUT2D eigenvalue weighted by Gasteiger charge is -2.45. The zero-order chi connectivity index (χ0) is 30.0. The molecule has 5 nitrogen and oxygen atoms in total. The van der Waals surface area contributed by atoms with Crippen LogP contribution in [0, 0.1) is 11.3 Å². The van der Waals surface area contributed by atoms with Crippen molar-refractivity contribution in [2.75, 3.05) is 6.61 Å². The number of amides is 1. The molecule has 2 aromatic rings. The van der Waals surface area contributed by atoms with Crippen LogP contribution in [0.4, 0.5) is 0 Å². The van der Waals surface area contributed by atoms with E-state index in [-0.39, 0.29) is 29.5 Å². The molecule has 40 heavy (non-hydrogen) atoms. The molecule has 1 aliphatic carbocycles. The van der Waals surface area contributed by atoms with Crippen LogP contribution in [0.2, 0.25) is 36.3 Å². The minimum Gasteiger partial charge on any atom is -0.432 e.